The minimum Gasteiger partial charge on any atom is -0.352 e. The van der Waals surface area contributed by atoms with Crippen LogP contribution in [0.25, 0.3) is 0 Å². The van der Waals surface area contributed by atoms with E-state index in [1.54, 1.807) is 28.4 Å². The number of rotatable bonds is 4. The van der Waals surface area contributed by atoms with E-state index in [0.717, 1.165) is 0 Å². The van der Waals surface area contributed by atoms with Gasteiger partial charge >= 0.3 is 0 Å². The van der Waals surface area contributed by atoms with Gasteiger partial charge in [0.15, 0.2) is 11.6 Å². The summed E-state index contributed by atoms with van der Waals surface area (Å²) in [5.41, 5.74) is 0. The summed E-state index contributed by atoms with van der Waals surface area (Å²) < 4.78 is 22.7. The summed E-state index contributed by atoms with van der Waals surface area (Å²) in [6.45, 7) is 0. The first-order valence-electron chi connectivity index (χ1n) is 6.27. The van der Waals surface area contributed by atoms with Gasteiger partial charge in [0.25, 0.3) is 0 Å². The predicted molar refractivity (Wildman–Crippen MR) is 65.7 cm³/mol. The Balaban J connectivity index is 2.04. The second-order valence-electron chi connectivity index (χ2n) is 5.16. The monoisotopic (exact) mass is 252 g/mol. The molecule has 100 valence electrons. The largest absolute Gasteiger partial charge is 0.352 e. The first-order valence-corrected chi connectivity index (χ1v) is 6.27. The summed E-state index contributed by atoms with van der Waals surface area (Å²) in [4.78, 5) is 0. The molecule has 2 bridgehead atoms. The number of hydrogen-bond acceptors (Lipinski definition) is 4. The number of hydrogen-bond donors (Lipinski definition) is 0. The summed E-state index contributed by atoms with van der Waals surface area (Å²) in [6, 6.07) is 0. The second kappa shape index (κ2) is 3.90. The van der Waals surface area contributed by atoms with Crippen LogP contribution in [0.2, 0.25) is 0 Å². The van der Waals surface area contributed by atoms with Crippen molar-refractivity contribution in [3.8, 4) is 0 Å². The summed E-state index contributed by atoms with van der Waals surface area (Å²) in [5.74, 6) is -0.287. The van der Waals surface area contributed by atoms with E-state index in [9.17, 15) is 0 Å². The van der Waals surface area contributed by atoms with Crippen molar-refractivity contribution in [2.75, 3.05) is 28.4 Å². The van der Waals surface area contributed by atoms with Gasteiger partial charge in [-0.1, -0.05) is 18.2 Å². The normalized spacial score (nSPS) is 41.6. The number of fused-ring (bicyclic) bond motifs is 5. The van der Waals surface area contributed by atoms with E-state index < -0.39 is 11.6 Å². The Labute approximate surface area is 108 Å². The van der Waals surface area contributed by atoms with E-state index in [-0.39, 0.29) is 17.8 Å². The van der Waals surface area contributed by atoms with E-state index in [1.807, 2.05) is 6.08 Å². The molecule has 0 amide bonds. The molecule has 3 aliphatic carbocycles. The molecule has 0 spiro atoms. The van der Waals surface area contributed by atoms with E-state index in [2.05, 4.69) is 18.2 Å². The van der Waals surface area contributed by atoms with Crippen LogP contribution in [0.3, 0.4) is 0 Å². The topological polar surface area (TPSA) is 36.9 Å². The quantitative estimate of drug-likeness (QED) is 0.562. The Bertz CT molecular complexity index is 393. The first kappa shape index (κ1) is 12.4. The highest BCUT2D eigenvalue weighted by Crippen LogP contribution is 2.63. The van der Waals surface area contributed by atoms with Gasteiger partial charge in [-0.15, -0.1) is 0 Å². The molecule has 4 nitrogen and oxygen atoms in total. The maximum atomic E-state index is 5.72. The molecule has 0 aromatic rings. The molecule has 0 saturated heterocycles. The van der Waals surface area contributed by atoms with E-state index in [1.165, 1.54) is 0 Å². The summed E-state index contributed by atoms with van der Waals surface area (Å²) in [7, 11) is 6.80. The van der Waals surface area contributed by atoms with Crippen molar-refractivity contribution in [2.45, 2.75) is 11.6 Å². The maximum absolute atomic E-state index is 5.72. The van der Waals surface area contributed by atoms with Crippen LogP contribution in [0.15, 0.2) is 24.3 Å². The van der Waals surface area contributed by atoms with E-state index >= 15 is 0 Å². The van der Waals surface area contributed by atoms with Crippen LogP contribution in [-0.2, 0) is 18.9 Å². The first-order chi connectivity index (χ1) is 8.69. The van der Waals surface area contributed by atoms with Gasteiger partial charge in [-0.25, -0.2) is 0 Å². The van der Waals surface area contributed by atoms with Crippen LogP contribution in [0.1, 0.15) is 0 Å². The molecule has 1 fully saturated rings. The van der Waals surface area contributed by atoms with Gasteiger partial charge in [-0.05, 0) is 12.0 Å². The molecule has 0 aromatic carbocycles. The third kappa shape index (κ3) is 1.15. The van der Waals surface area contributed by atoms with Crippen LogP contribution in [-0.4, -0.2) is 40.0 Å². The van der Waals surface area contributed by atoms with Crippen molar-refractivity contribution in [3.05, 3.63) is 24.3 Å². The van der Waals surface area contributed by atoms with Gasteiger partial charge in [-0.2, -0.15) is 0 Å². The van der Waals surface area contributed by atoms with Gasteiger partial charge in [0.2, 0.25) is 0 Å². The molecule has 1 saturated carbocycles. The molecule has 0 radical (unpaired) electrons. The Morgan fingerprint density at radius 3 is 1.94 bits per heavy atom. The molecule has 0 N–H and O–H groups in total. The number of methoxy groups -OCH3 is 4. The molecule has 3 rings (SSSR count). The predicted octanol–water partition coefficient (Wildman–Crippen LogP) is 1.58. The molecule has 18 heavy (non-hydrogen) atoms. The van der Waals surface area contributed by atoms with E-state index in [0.29, 0.717) is 5.92 Å². The zero-order valence-corrected chi connectivity index (χ0v) is 11.3. The minimum absolute atomic E-state index is 0.150. The summed E-state index contributed by atoms with van der Waals surface area (Å²) >= 11 is 0. The summed E-state index contributed by atoms with van der Waals surface area (Å²) in [6.07, 6.45) is 8.59. The lowest BCUT2D eigenvalue weighted by Gasteiger charge is -2.37. The Hall–Kier alpha value is -0.680. The Morgan fingerprint density at radius 1 is 0.778 bits per heavy atom. The average Bonchev–Trinajstić information content (AvgIpc) is 3.05. The van der Waals surface area contributed by atoms with Gasteiger partial charge < -0.3 is 18.9 Å². The molecule has 0 aliphatic heterocycles. The minimum atomic E-state index is -0.656. The fourth-order valence-electron chi connectivity index (χ4n) is 4.19. The van der Waals surface area contributed by atoms with Gasteiger partial charge in [0, 0.05) is 46.2 Å². The van der Waals surface area contributed by atoms with Crippen LogP contribution >= 0.6 is 0 Å². The van der Waals surface area contributed by atoms with Gasteiger partial charge in [-0.3, -0.25) is 0 Å². The zero-order chi connectivity index (χ0) is 13.0. The molecule has 3 aliphatic rings. The van der Waals surface area contributed by atoms with Crippen molar-refractivity contribution < 1.29 is 18.9 Å². The molecule has 4 heteroatoms. The van der Waals surface area contributed by atoms with Crippen LogP contribution in [0.4, 0.5) is 0 Å². The maximum Gasteiger partial charge on any atom is 0.191 e. The van der Waals surface area contributed by atoms with Crippen molar-refractivity contribution in [2.24, 2.45) is 23.7 Å². The van der Waals surface area contributed by atoms with Crippen molar-refractivity contribution >= 4 is 0 Å². The lowest BCUT2D eigenvalue weighted by Crippen LogP contribution is -2.46. The Morgan fingerprint density at radius 2 is 1.39 bits per heavy atom. The second-order valence-corrected chi connectivity index (χ2v) is 5.16. The number of ether oxygens (including phenoxy) is 4. The van der Waals surface area contributed by atoms with Crippen LogP contribution < -0.4 is 0 Å². The number of allylic oxidation sites excluding steroid dienone is 1. The fourth-order valence-corrected chi connectivity index (χ4v) is 4.19. The average molecular weight is 252 g/mol. The van der Waals surface area contributed by atoms with Gasteiger partial charge in [0.1, 0.15) is 0 Å². The van der Waals surface area contributed by atoms with Crippen LogP contribution in [0.5, 0.6) is 0 Å². The molecule has 0 aromatic heterocycles. The molecular formula is C14H20O4. The summed E-state index contributed by atoms with van der Waals surface area (Å²) in [5, 5.41) is 0. The van der Waals surface area contributed by atoms with Crippen molar-refractivity contribution in [3.63, 3.8) is 0 Å². The lowest BCUT2D eigenvalue weighted by molar-refractivity contribution is -0.253. The SMILES string of the molecule is COC1(OC)C=C[C@@H]2[C@@H]1[C@@H]1C=C[C@@H]2C1(OC)OC. The highest BCUT2D eigenvalue weighted by Gasteiger charge is 2.69. The smallest absolute Gasteiger partial charge is 0.191 e. The molecular weight excluding hydrogens is 232 g/mol. The Kier molecular flexibility index (Phi) is 2.68. The lowest BCUT2D eigenvalue weighted by atomic mass is 9.82. The van der Waals surface area contributed by atoms with Crippen LogP contribution in [0, 0.1) is 23.7 Å². The van der Waals surface area contributed by atoms with Crippen molar-refractivity contribution in [1.82, 2.24) is 0 Å². The highest BCUT2D eigenvalue weighted by atomic mass is 16.7. The highest BCUT2D eigenvalue weighted by molar-refractivity contribution is 5.33. The third-order valence-corrected chi connectivity index (χ3v) is 4.96. The molecule has 4 atom stereocenters. The molecule has 0 unspecified atom stereocenters. The van der Waals surface area contributed by atoms with E-state index in [4.69, 9.17) is 18.9 Å². The molecule has 0 heterocycles. The zero-order valence-electron chi connectivity index (χ0n) is 11.3. The van der Waals surface area contributed by atoms with Gasteiger partial charge in [0.05, 0.1) is 0 Å². The fraction of sp³-hybridized carbons (Fsp3) is 0.714. The standard InChI is InChI=1S/C14H20O4/c1-15-13(16-2)8-7-9-10-5-6-11(12(9)13)14(10,17-3)18-4/h5-12H,1-4H3/t9-,10-,11-,12+/m0/s1. The van der Waals surface area contributed by atoms with Crippen molar-refractivity contribution in [1.29, 1.82) is 0 Å². The third-order valence-electron chi connectivity index (χ3n) is 4.96.